The number of rotatable bonds is 4. The van der Waals surface area contributed by atoms with E-state index in [1.807, 2.05) is 0 Å². The van der Waals surface area contributed by atoms with Crippen LogP contribution in [0, 0.1) is 0 Å². The smallest absolute Gasteiger partial charge is 0.0588 e. The molecule has 0 N–H and O–H groups in total. The summed E-state index contributed by atoms with van der Waals surface area (Å²) in [5, 5.41) is 5.14. The monoisotopic (exact) mass is 676 g/mol. The van der Waals surface area contributed by atoms with Gasteiger partial charge in [0.1, 0.15) is 0 Å². The molecule has 0 atom stereocenters. The lowest BCUT2D eigenvalue weighted by molar-refractivity contribution is 0.664. The first-order valence-electron chi connectivity index (χ1n) is 18.5. The van der Waals surface area contributed by atoms with Crippen LogP contribution in [0.15, 0.2) is 182 Å². The first-order chi connectivity index (χ1) is 26.1. The molecule has 0 unspecified atom stereocenters. The minimum Gasteiger partial charge on any atom is -0.309 e. The van der Waals surface area contributed by atoms with Crippen LogP contribution in [0.1, 0.15) is 25.0 Å². The quantitative estimate of drug-likeness (QED) is 0.176. The molecule has 0 aliphatic heterocycles. The van der Waals surface area contributed by atoms with Gasteiger partial charge in [-0.15, -0.1) is 0 Å². The van der Waals surface area contributed by atoms with Gasteiger partial charge in [-0.2, -0.15) is 0 Å². The summed E-state index contributed by atoms with van der Waals surface area (Å²) in [6.45, 7) is 4.76. The molecule has 2 heteroatoms. The van der Waals surface area contributed by atoms with Crippen molar-refractivity contribution >= 4 is 43.6 Å². The average molecular weight is 677 g/mol. The van der Waals surface area contributed by atoms with Crippen molar-refractivity contribution in [3.05, 3.63) is 193 Å². The van der Waals surface area contributed by atoms with E-state index in [1.165, 1.54) is 99.5 Å². The van der Waals surface area contributed by atoms with Crippen molar-refractivity contribution in [3.63, 3.8) is 0 Å². The zero-order valence-electron chi connectivity index (χ0n) is 29.7. The summed E-state index contributed by atoms with van der Waals surface area (Å²) in [4.78, 5) is 0. The molecule has 10 aromatic rings. The summed E-state index contributed by atoms with van der Waals surface area (Å²) in [7, 11) is 0. The molecule has 0 amide bonds. The highest BCUT2D eigenvalue weighted by Gasteiger charge is 2.38. The topological polar surface area (TPSA) is 9.86 Å². The van der Waals surface area contributed by atoms with E-state index in [-0.39, 0.29) is 5.41 Å². The fourth-order valence-electron chi connectivity index (χ4n) is 9.25. The Morgan fingerprint density at radius 3 is 1.62 bits per heavy atom. The second kappa shape index (κ2) is 11.2. The highest BCUT2D eigenvalue weighted by atomic mass is 15.0. The van der Waals surface area contributed by atoms with Gasteiger partial charge in [-0.25, -0.2) is 0 Å². The molecule has 8 aromatic carbocycles. The molecule has 2 aromatic heterocycles. The molecule has 250 valence electrons. The molecule has 1 aliphatic carbocycles. The number of para-hydroxylation sites is 3. The Balaban J connectivity index is 0.977. The summed E-state index contributed by atoms with van der Waals surface area (Å²) >= 11 is 0. The van der Waals surface area contributed by atoms with Crippen molar-refractivity contribution in [2.45, 2.75) is 19.3 Å². The van der Waals surface area contributed by atoms with Gasteiger partial charge in [0.25, 0.3) is 0 Å². The van der Waals surface area contributed by atoms with Gasteiger partial charge in [0.05, 0.1) is 22.1 Å². The number of fused-ring (bicyclic) bond motifs is 10. The standard InChI is InChI=1S/C51H36N2/c1-51(2)45-17-9-6-14-39(45)42-29-30-43-40-15-7-11-19-47(40)53(50(43)49(42)51)38-27-24-34(25-28-38)33-20-22-35(23-21-33)36-26-31-48-44(32-36)41-16-8-10-18-46(41)52(48)37-12-4-3-5-13-37/h3-32H,1-2H3. The van der Waals surface area contributed by atoms with Crippen molar-refractivity contribution in [1.82, 2.24) is 9.13 Å². The van der Waals surface area contributed by atoms with Gasteiger partial charge in [0.2, 0.25) is 0 Å². The minimum atomic E-state index is -0.108. The fraction of sp³-hybridized carbons (Fsp3) is 0.0588. The van der Waals surface area contributed by atoms with E-state index < -0.39 is 0 Å². The molecule has 0 fully saturated rings. The number of nitrogens with zero attached hydrogens (tertiary/aromatic N) is 2. The van der Waals surface area contributed by atoms with Crippen LogP contribution in [-0.4, -0.2) is 9.13 Å². The Labute approximate surface area is 308 Å². The minimum absolute atomic E-state index is 0.108. The third-order valence-corrected chi connectivity index (χ3v) is 11.7. The van der Waals surface area contributed by atoms with Gasteiger partial charge in [0.15, 0.2) is 0 Å². The van der Waals surface area contributed by atoms with Crippen LogP contribution in [0.3, 0.4) is 0 Å². The molecule has 53 heavy (non-hydrogen) atoms. The van der Waals surface area contributed by atoms with Crippen molar-refractivity contribution in [2.24, 2.45) is 0 Å². The molecule has 0 spiro atoms. The maximum atomic E-state index is 2.49. The van der Waals surface area contributed by atoms with Crippen molar-refractivity contribution < 1.29 is 0 Å². The summed E-state index contributed by atoms with van der Waals surface area (Å²) in [5.74, 6) is 0. The molecule has 2 heterocycles. The number of aromatic nitrogens is 2. The number of benzene rings is 8. The van der Waals surface area contributed by atoms with E-state index in [2.05, 4.69) is 205 Å². The lowest BCUT2D eigenvalue weighted by Gasteiger charge is -2.23. The van der Waals surface area contributed by atoms with Crippen molar-refractivity contribution in [2.75, 3.05) is 0 Å². The molecule has 0 saturated heterocycles. The van der Waals surface area contributed by atoms with Crippen LogP contribution < -0.4 is 0 Å². The molecule has 0 saturated carbocycles. The molecular weight excluding hydrogens is 641 g/mol. The normalized spacial score (nSPS) is 13.2. The second-order valence-corrected chi connectivity index (χ2v) is 15.0. The molecule has 2 nitrogen and oxygen atoms in total. The molecule has 0 bridgehead atoms. The Kier molecular flexibility index (Phi) is 6.33. The molecule has 1 aliphatic rings. The van der Waals surface area contributed by atoms with Crippen molar-refractivity contribution in [1.29, 1.82) is 0 Å². The van der Waals surface area contributed by atoms with Gasteiger partial charge in [-0.3, -0.25) is 0 Å². The Morgan fingerprint density at radius 2 is 0.887 bits per heavy atom. The van der Waals surface area contributed by atoms with Crippen LogP contribution >= 0.6 is 0 Å². The zero-order valence-corrected chi connectivity index (χ0v) is 29.7. The summed E-state index contributed by atoms with van der Waals surface area (Å²) in [6.07, 6.45) is 0. The van der Waals surface area contributed by atoms with Crippen LogP contribution in [-0.2, 0) is 5.41 Å². The third kappa shape index (κ3) is 4.33. The van der Waals surface area contributed by atoms with Gasteiger partial charge in [0, 0.05) is 38.3 Å². The SMILES string of the molecule is CC1(C)c2ccccc2-c2ccc3c4ccccc4n(-c4ccc(-c5ccc(-c6ccc7c(c6)c6ccccc6n7-c6ccccc6)cc5)cc4)c3c21. The van der Waals surface area contributed by atoms with E-state index in [0.29, 0.717) is 0 Å². The summed E-state index contributed by atoms with van der Waals surface area (Å²) in [5.41, 5.74) is 17.6. The van der Waals surface area contributed by atoms with E-state index in [9.17, 15) is 0 Å². The zero-order chi connectivity index (χ0) is 35.3. The van der Waals surface area contributed by atoms with Crippen molar-refractivity contribution in [3.8, 4) is 44.8 Å². The Morgan fingerprint density at radius 1 is 0.358 bits per heavy atom. The van der Waals surface area contributed by atoms with E-state index in [1.54, 1.807) is 0 Å². The van der Waals surface area contributed by atoms with E-state index in [0.717, 1.165) is 0 Å². The third-order valence-electron chi connectivity index (χ3n) is 11.7. The first kappa shape index (κ1) is 30.0. The largest absolute Gasteiger partial charge is 0.309 e. The highest BCUT2D eigenvalue weighted by molar-refractivity contribution is 6.13. The number of hydrogen-bond donors (Lipinski definition) is 0. The number of hydrogen-bond acceptors (Lipinski definition) is 0. The van der Waals surface area contributed by atoms with Gasteiger partial charge in [-0.1, -0.05) is 147 Å². The first-order valence-corrected chi connectivity index (χ1v) is 18.5. The molecular formula is C51H36N2. The summed E-state index contributed by atoms with van der Waals surface area (Å²) < 4.78 is 4.86. The molecule has 11 rings (SSSR count). The second-order valence-electron chi connectivity index (χ2n) is 15.0. The van der Waals surface area contributed by atoms with E-state index in [4.69, 9.17) is 0 Å². The van der Waals surface area contributed by atoms with Gasteiger partial charge >= 0.3 is 0 Å². The van der Waals surface area contributed by atoms with Gasteiger partial charge in [-0.05, 0) is 93.0 Å². The van der Waals surface area contributed by atoms with Crippen LogP contribution in [0.25, 0.3) is 88.4 Å². The van der Waals surface area contributed by atoms with Crippen LogP contribution in [0.4, 0.5) is 0 Å². The highest BCUT2D eigenvalue weighted by Crippen LogP contribution is 2.53. The van der Waals surface area contributed by atoms with E-state index >= 15 is 0 Å². The maximum absolute atomic E-state index is 2.49. The lowest BCUT2D eigenvalue weighted by atomic mass is 9.81. The fourth-order valence-corrected chi connectivity index (χ4v) is 9.25. The molecule has 0 radical (unpaired) electrons. The average Bonchev–Trinajstić information content (AvgIpc) is 3.81. The Hall–Kier alpha value is -6.64. The van der Waals surface area contributed by atoms with Crippen LogP contribution in [0.2, 0.25) is 0 Å². The predicted octanol–water partition coefficient (Wildman–Crippen LogP) is 13.5. The predicted molar refractivity (Wildman–Crippen MR) is 224 cm³/mol. The lowest BCUT2D eigenvalue weighted by Crippen LogP contribution is -2.16. The summed E-state index contributed by atoms with van der Waals surface area (Å²) in [6, 6.07) is 66.9. The maximum Gasteiger partial charge on any atom is 0.0588 e. The van der Waals surface area contributed by atoms with Crippen LogP contribution in [0.5, 0.6) is 0 Å². The Bertz CT molecular complexity index is 3050. The van der Waals surface area contributed by atoms with Gasteiger partial charge < -0.3 is 9.13 Å².